The molecule has 1 heterocycles. The van der Waals surface area contributed by atoms with E-state index in [4.69, 9.17) is 5.73 Å². The zero-order valence-corrected chi connectivity index (χ0v) is 16.3. The van der Waals surface area contributed by atoms with Crippen LogP contribution < -0.4 is 32.3 Å². The molecule has 2 aliphatic rings. The molecule has 0 aromatic heterocycles. The Morgan fingerprint density at radius 3 is 2.40 bits per heavy atom. The number of carbonyl (C=O) groups is 1. The van der Waals surface area contributed by atoms with Gasteiger partial charge in [-0.3, -0.25) is 10.6 Å². The average Bonchev–Trinajstić information content (AvgIpc) is 2.52. The van der Waals surface area contributed by atoms with Crippen molar-refractivity contribution in [1.82, 2.24) is 26.6 Å². The first-order valence-electron chi connectivity index (χ1n) is 9.80. The molecule has 0 aromatic carbocycles. The Hall–Kier alpha value is -0.890. The minimum Gasteiger partial charge on any atom is -0.335 e. The van der Waals surface area contributed by atoms with Crippen LogP contribution in [-0.2, 0) is 0 Å². The van der Waals surface area contributed by atoms with E-state index in [9.17, 15) is 4.79 Å². The second-order valence-corrected chi connectivity index (χ2v) is 8.73. The van der Waals surface area contributed by atoms with Crippen molar-refractivity contribution in [1.29, 1.82) is 0 Å². The van der Waals surface area contributed by atoms with Gasteiger partial charge in [-0.25, -0.2) is 4.79 Å². The largest absolute Gasteiger partial charge is 0.335 e. The standard InChI is InChI=1S/C18H38N6O/c1-12-11-15(20-10-9-19)23-16(21-12)24-17(25)22-14-7-5-13(6-8-14)18(2,3)4/h12-16,20-21,23H,5-11,19H2,1-4H3,(H2,22,24,25). The van der Waals surface area contributed by atoms with E-state index in [1.54, 1.807) is 0 Å². The van der Waals surface area contributed by atoms with Crippen molar-refractivity contribution in [3.05, 3.63) is 0 Å². The lowest BCUT2D eigenvalue weighted by Crippen LogP contribution is -2.68. The van der Waals surface area contributed by atoms with Gasteiger partial charge in [0.15, 0.2) is 0 Å². The van der Waals surface area contributed by atoms with Crippen LogP contribution in [0.4, 0.5) is 4.79 Å². The summed E-state index contributed by atoms with van der Waals surface area (Å²) in [6, 6.07) is 0.505. The summed E-state index contributed by atoms with van der Waals surface area (Å²) in [6.07, 6.45) is 5.40. The fraction of sp³-hybridized carbons (Fsp3) is 0.944. The van der Waals surface area contributed by atoms with Gasteiger partial charge >= 0.3 is 6.03 Å². The highest BCUT2D eigenvalue weighted by Crippen LogP contribution is 2.37. The van der Waals surface area contributed by atoms with E-state index < -0.39 is 0 Å². The van der Waals surface area contributed by atoms with E-state index in [0.717, 1.165) is 31.7 Å². The van der Waals surface area contributed by atoms with Gasteiger partial charge in [-0.15, -0.1) is 0 Å². The number of hydrogen-bond donors (Lipinski definition) is 6. The molecule has 1 saturated heterocycles. The first-order chi connectivity index (χ1) is 11.8. The molecule has 7 nitrogen and oxygen atoms in total. The zero-order valence-electron chi connectivity index (χ0n) is 16.3. The molecule has 0 radical (unpaired) electrons. The van der Waals surface area contributed by atoms with Gasteiger partial charge < -0.3 is 21.7 Å². The van der Waals surface area contributed by atoms with Crippen molar-refractivity contribution in [3.63, 3.8) is 0 Å². The molecule has 0 spiro atoms. The highest BCUT2D eigenvalue weighted by atomic mass is 16.2. The van der Waals surface area contributed by atoms with Crippen LogP contribution in [0, 0.1) is 11.3 Å². The monoisotopic (exact) mass is 354 g/mol. The van der Waals surface area contributed by atoms with Gasteiger partial charge in [-0.2, -0.15) is 0 Å². The lowest BCUT2D eigenvalue weighted by atomic mass is 9.71. The van der Waals surface area contributed by atoms with E-state index >= 15 is 0 Å². The van der Waals surface area contributed by atoms with Gasteiger partial charge in [0.25, 0.3) is 0 Å². The summed E-state index contributed by atoms with van der Waals surface area (Å²) in [5.74, 6) is 0.755. The Balaban J connectivity index is 1.73. The van der Waals surface area contributed by atoms with Crippen LogP contribution in [0.1, 0.15) is 59.8 Å². The van der Waals surface area contributed by atoms with Crippen LogP contribution in [0.5, 0.6) is 0 Å². The van der Waals surface area contributed by atoms with E-state index in [0.29, 0.717) is 18.0 Å². The normalized spacial score (nSPS) is 33.7. The quantitative estimate of drug-likeness (QED) is 0.442. The number of rotatable bonds is 5. The summed E-state index contributed by atoms with van der Waals surface area (Å²) in [6.45, 7) is 10.4. The lowest BCUT2D eigenvalue weighted by molar-refractivity contribution is 0.156. The number of nitrogens with one attached hydrogen (secondary N) is 5. The Morgan fingerprint density at radius 1 is 1.12 bits per heavy atom. The predicted molar refractivity (Wildman–Crippen MR) is 102 cm³/mol. The van der Waals surface area contributed by atoms with Crippen LogP contribution in [0.25, 0.3) is 0 Å². The summed E-state index contributed by atoms with van der Waals surface area (Å²) < 4.78 is 0. The third-order valence-electron chi connectivity index (χ3n) is 5.51. The molecule has 1 saturated carbocycles. The maximum Gasteiger partial charge on any atom is 0.317 e. The van der Waals surface area contributed by atoms with Crippen molar-refractivity contribution in [2.75, 3.05) is 13.1 Å². The Bertz CT molecular complexity index is 416. The molecule has 7 heteroatoms. The van der Waals surface area contributed by atoms with Crippen molar-refractivity contribution >= 4 is 6.03 Å². The smallest absolute Gasteiger partial charge is 0.317 e. The minimum atomic E-state index is -0.232. The third kappa shape index (κ3) is 6.73. The van der Waals surface area contributed by atoms with Crippen molar-refractivity contribution in [2.45, 2.75) is 84.3 Å². The molecule has 2 rings (SSSR count). The predicted octanol–water partition coefficient (Wildman–Crippen LogP) is 1.02. The average molecular weight is 355 g/mol. The number of urea groups is 1. The third-order valence-corrected chi connectivity index (χ3v) is 5.51. The van der Waals surface area contributed by atoms with E-state index in [1.807, 2.05) is 0 Å². The Kier molecular flexibility index (Phi) is 7.49. The van der Waals surface area contributed by atoms with Crippen molar-refractivity contribution in [2.24, 2.45) is 17.1 Å². The summed E-state index contributed by atoms with van der Waals surface area (Å²) in [4.78, 5) is 12.3. The molecule has 25 heavy (non-hydrogen) atoms. The summed E-state index contributed by atoms with van der Waals surface area (Å²) >= 11 is 0. The van der Waals surface area contributed by atoms with Crippen LogP contribution in [0.2, 0.25) is 0 Å². The number of carbonyl (C=O) groups excluding carboxylic acids is 1. The van der Waals surface area contributed by atoms with Crippen LogP contribution in [-0.4, -0.2) is 43.7 Å². The Labute approximate surface area is 152 Å². The van der Waals surface area contributed by atoms with Gasteiger partial charge in [-0.05, 0) is 50.4 Å². The maximum atomic E-state index is 12.3. The molecular formula is C18H38N6O. The van der Waals surface area contributed by atoms with Gasteiger partial charge in [-0.1, -0.05) is 20.8 Å². The molecule has 3 atom stereocenters. The van der Waals surface area contributed by atoms with Crippen LogP contribution in [0.3, 0.4) is 0 Å². The number of nitrogens with two attached hydrogens (primary N) is 1. The molecule has 2 fully saturated rings. The van der Waals surface area contributed by atoms with Crippen molar-refractivity contribution < 1.29 is 4.79 Å². The maximum absolute atomic E-state index is 12.3. The van der Waals surface area contributed by atoms with Crippen LogP contribution >= 0.6 is 0 Å². The number of amides is 2. The SMILES string of the molecule is CC1CC(NCCN)NC(NC(=O)NC2CCC(C(C)(C)C)CC2)N1. The fourth-order valence-corrected chi connectivity index (χ4v) is 3.97. The molecule has 0 aromatic rings. The molecule has 3 unspecified atom stereocenters. The second kappa shape index (κ2) is 9.16. The molecule has 1 aliphatic heterocycles. The topological polar surface area (TPSA) is 103 Å². The summed E-state index contributed by atoms with van der Waals surface area (Å²) in [5, 5.41) is 16.2. The first-order valence-corrected chi connectivity index (χ1v) is 9.80. The fourth-order valence-electron chi connectivity index (χ4n) is 3.97. The summed E-state index contributed by atoms with van der Waals surface area (Å²) in [5.41, 5.74) is 5.92. The van der Waals surface area contributed by atoms with Gasteiger partial charge in [0.2, 0.25) is 0 Å². The number of hydrogen-bond acceptors (Lipinski definition) is 5. The van der Waals surface area contributed by atoms with Crippen molar-refractivity contribution in [3.8, 4) is 0 Å². The molecule has 7 N–H and O–H groups in total. The minimum absolute atomic E-state index is 0.101. The van der Waals surface area contributed by atoms with Gasteiger partial charge in [0.1, 0.15) is 6.29 Å². The van der Waals surface area contributed by atoms with E-state index in [2.05, 4.69) is 54.3 Å². The molecule has 1 aliphatic carbocycles. The molecule has 2 amide bonds. The van der Waals surface area contributed by atoms with E-state index in [1.165, 1.54) is 12.8 Å². The molecule has 146 valence electrons. The van der Waals surface area contributed by atoms with Gasteiger partial charge in [0.05, 0.1) is 6.17 Å². The second-order valence-electron chi connectivity index (χ2n) is 8.73. The first kappa shape index (κ1) is 20.4. The molecular weight excluding hydrogens is 316 g/mol. The highest BCUT2D eigenvalue weighted by Gasteiger charge is 2.31. The van der Waals surface area contributed by atoms with E-state index in [-0.39, 0.29) is 24.5 Å². The Morgan fingerprint density at radius 2 is 1.80 bits per heavy atom. The van der Waals surface area contributed by atoms with Crippen LogP contribution in [0.15, 0.2) is 0 Å². The zero-order chi connectivity index (χ0) is 18.4. The lowest BCUT2D eigenvalue weighted by Gasteiger charge is -2.38. The van der Waals surface area contributed by atoms with Gasteiger partial charge in [0, 0.05) is 25.2 Å². The summed E-state index contributed by atoms with van der Waals surface area (Å²) in [7, 11) is 0. The molecule has 0 bridgehead atoms. The highest BCUT2D eigenvalue weighted by molar-refractivity contribution is 5.74.